The van der Waals surface area contributed by atoms with E-state index < -0.39 is 5.91 Å². The molecule has 3 heterocycles. The van der Waals surface area contributed by atoms with E-state index in [0.29, 0.717) is 16.9 Å². The number of amides is 1. The maximum atomic E-state index is 12.3. The molecule has 0 aliphatic carbocycles. The first kappa shape index (κ1) is 13.9. The first-order chi connectivity index (χ1) is 11.8. The first-order valence-electron chi connectivity index (χ1n) is 7.16. The highest BCUT2D eigenvalue weighted by molar-refractivity contribution is 6.01. The van der Waals surface area contributed by atoms with Crippen LogP contribution in [0.3, 0.4) is 0 Å². The topological polar surface area (TPSA) is 109 Å². The Balaban J connectivity index is 1.56. The lowest BCUT2D eigenvalue weighted by molar-refractivity contribution is 0.101. The Bertz CT molecular complexity index is 1010. The number of para-hydroxylation sites is 1. The summed E-state index contributed by atoms with van der Waals surface area (Å²) in [6.45, 7) is 0. The number of anilines is 1. The van der Waals surface area contributed by atoms with Gasteiger partial charge in [0.05, 0.1) is 11.2 Å². The number of rotatable bonds is 3. The minimum absolute atomic E-state index is 0.0119. The number of pyridine rings is 1. The molecule has 3 aromatic heterocycles. The largest absolute Gasteiger partial charge is 0.302 e. The molecule has 0 aliphatic rings. The molecule has 0 aliphatic heterocycles. The second kappa shape index (κ2) is 5.84. The highest BCUT2D eigenvalue weighted by Gasteiger charge is 2.13. The molecule has 0 spiro atoms. The Kier molecular flexibility index (Phi) is 3.39. The van der Waals surface area contributed by atoms with Crippen LogP contribution < -0.4 is 5.32 Å². The van der Waals surface area contributed by atoms with Crippen molar-refractivity contribution in [2.24, 2.45) is 0 Å². The van der Waals surface area contributed by atoms with E-state index in [1.165, 1.54) is 0 Å². The van der Waals surface area contributed by atoms with Crippen LogP contribution in [0.15, 0.2) is 54.9 Å². The van der Waals surface area contributed by atoms with Crippen LogP contribution in [-0.2, 0) is 0 Å². The molecule has 8 heteroatoms. The molecule has 0 fully saturated rings. The number of fused-ring (bicyclic) bond motifs is 1. The van der Waals surface area contributed by atoms with Gasteiger partial charge in [0.25, 0.3) is 5.91 Å². The Hall–Kier alpha value is -3.68. The first-order valence-corrected chi connectivity index (χ1v) is 7.16. The summed E-state index contributed by atoms with van der Waals surface area (Å²) in [5.74, 6) is -0.105. The van der Waals surface area contributed by atoms with Gasteiger partial charge in [-0.2, -0.15) is 5.10 Å². The number of carbonyl (C=O) groups excluding carboxylic acids is 1. The number of nitrogens with one attached hydrogen (secondary N) is 2. The van der Waals surface area contributed by atoms with E-state index in [2.05, 4.69) is 35.7 Å². The van der Waals surface area contributed by atoms with Gasteiger partial charge >= 0.3 is 0 Å². The smallest absolute Gasteiger partial charge is 0.296 e. The van der Waals surface area contributed by atoms with E-state index in [1.807, 2.05) is 24.3 Å². The predicted octanol–water partition coefficient (Wildman–Crippen LogP) is 2.06. The highest BCUT2D eigenvalue weighted by Crippen LogP contribution is 2.18. The van der Waals surface area contributed by atoms with E-state index in [4.69, 9.17) is 0 Å². The number of aromatic nitrogens is 6. The molecule has 2 N–H and O–H groups in total. The molecule has 0 radical (unpaired) electrons. The third-order valence-corrected chi connectivity index (χ3v) is 3.37. The lowest BCUT2D eigenvalue weighted by Gasteiger charge is -2.00. The van der Waals surface area contributed by atoms with Crippen molar-refractivity contribution in [3.63, 3.8) is 0 Å². The van der Waals surface area contributed by atoms with Crippen molar-refractivity contribution in [1.29, 1.82) is 0 Å². The van der Waals surface area contributed by atoms with Crippen molar-refractivity contribution >= 4 is 22.8 Å². The molecule has 4 aromatic rings. The van der Waals surface area contributed by atoms with Gasteiger partial charge in [-0.1, -0.05) is 12.1 Å². The molecule has 1 aromatic carbocycles. The summed E-state index contributed by atoms with van der Waals surface area (Å²) in [5, 5.41) is 17.4. The molecule has 0 saturated carbocycles. The number of nitrogens with zero attached hydrogens (tertiary/aromatic N) is 5. The van der Waals surface area contributed by atoms with Gasteiger partial charge in [0.2, 0.25) is 5.82 Å². The average molecular weight is 317 g/mol. The zero-order valence-electron chi connectivity index (χ0n) is 12.3. The molecule has 24 heavy (non-hydrogen) atoms. The molecular formula is C16H11N7O. The zero-order chi connectivity index (χ0) is 16.4. The highest BCUT2D eigenvalue weighted by atomic mass is 16.2. The predicted molar refractivity (Wildman–Crippen MR) is 87.1 cm³/mol. The van der Waals surface area contributed by atoms with Gasteiger partial charge in [-0.15, -0.1) is 10.2 Å². The number of hydrogen-bond donors (Lipinski definition) is 2. The third kappa shape index (κ3) is 2.68. The fourth-order valence-electron chi connectivity index (χ4n) is 2.21. The van der Waals surface area contributed by atoms with Gasteiger partial charge in [-0.05, 0) is 24.3 Å². The number of aromatic amines is 1. The Morgan fingerprint density at radius 2 is 1.79 bits per heavy atom. The average Bonchev–Trinajstić information content (AvgIpc) is 3.10. The summed E-state index contributed by atoms with van der Waals surface area (Å²) in [6.07, 6.45) is 3.37. The fraction of sp³-hybridized carbons (Fsp3) is 0. The van der Waals surface area contributed by atoms with Crippen LogP contribution in [-0.4, -0.2) is 36.3 Å². The van der Waals surface area contributed by atoms with Gasteiger partial charge in [0.15, 0.2) is 5.82 Å². The maximum Gasteiger partial charge on any atom is 0.296 e. The second-order valence-electron chi connectivity index (χ2n) is 4.98. The van der Waals surface area contributed by atoms with Crippen molar-refractivity contribution in [2.45, 2.75) is 0 Å². The van der Waals surface area contributed by atoms with Crippen LogP contribution in [0, 0.1) is 0 Å². The van der Waals surface area contributed by atoms with Gasteiger partial charge in [0, 0.05) is 24.0 Å². The quantitative estimate of drug-likeness (QED) is 0.598. The number of H-pyrrole nitrogens is 1. The lowest BCUT2D eigenvalue weighted by atomic mass is 10.2. The van der Waals surface area contributed by atoms with Gasteiger partial charge < -0.3 is 5.32 Å². The van der Waals surface area contributed by atoms with Crippen molar-refractivity contribution in [2.75, 3.05) is 5.32 Å². The summed E-state index contributed by atoms with van der Waals surface area (Å²) in [7, 11) is 0. The normalized spacial score (nSPS) is 10.7. The van der Waals surface area contributed by atoms with Crippen LogP contribution in [0.4, 0.5) is 5.82 Å². The minimum atomic E-state index is -0.471. The van der Waals surface area contributed by atoms with Crippen LogP contribution in [0.25, 0.3) is 22.3 Å². The second-order valence-corrected chi connectivity index (χ2v) is 4.98. The van der Waals surface area contributed by atoms with Crippen LogP contribution in [0.5, 0.6) is 0 Å². The van der Waals surface area contributed by atoms with E-state index in [0.717, 1.165) is 11.3 Å². The molecule has 0 unspecified atom stereocenters. The molecule has 8 nitrogen and oxygen atoms in total. The summed E-state index contributed by atoms with van der Waals surface area (Å²) < 4.78 is 0. The Labute approximate surface area is 136 Å². The number of benzene rings is 1. The summed E-state index contributed by atoms with van der Waals surface area (Å²) in [6, 6.07) is 12.6. The zero-order valence-corrected chi connectivity index (χ0v) is 12.3. The van der Waals surface area contributed by atoms with Crippen molar-refractivity contribution in [1.82, 2.24) is 30.4 Å². The van der Waals surface area contributed by atoms with Crippen molar-refractivity contribution in [3.8, 4) is 11.3 Å². The van der Waals surface area contributed by atoms with Gasteiger partial charge in [-0.3, -0.25) is 14.9 Å². The van der Waals surface area contributed by atoms with E-state index in [9.17, 15) is 4.79 Å². The minimum Gasteiger partial charge on any atom is -0.302 e. The molecule has 4 rings (SSSR count). The van der Waals surface area contributed by atoms with Crippen molar-refractivity contribution < 1.29 is 4.79 Å². The molecule has 0 atom stereocenters. The fourth-order valence-corrected chi connectivity index (χ4v) is 2.21. The molecular weight excluding hydrogens is 306 g/mol. The monoisotopic (exact) mass is 317 g/mol. The van der Waals surface area contributed by atoms with Gasteiger partial charge in [-0.25, -0.2) is 4.98 Å². The Morgan fingerprint density at radius 3 is 2.62 bits per heavy atom. The molecule has 1 amide bonds. The maximum absolute atomic E-state index is 12.3. The summed E-state index contributed by atoms with van der Waals surface area (Å²) >= 11 is 0. The van der Waals surface area contributed by atoms with Gasteiger partial charge in [0.1, 0.15) is 5.52 Å². The number of carbonyl (C=O) groups is 1. The molecule has 116 valence electrons. The summed E-state index contributed by atoms with van der Waals surface area (Å²) in [5.41, 5.74) is 2.93. The lowest BCUT2D eigenvalue weighted by Crippen LogP contribution is -2.16. The van der Waals surface area contributed by atoms with Crippen molar-refractivity contribution in [3.05, 3.63) is 60.7 Å². The molecule has 0 saturated heterocycles. The Morgan fingerprint density at radius 1 is 1.00 bits per heavy atom. The van der Waals surface area contributed by atoms with Crippen LogP contribution in [0.1, 0.15) is 10.6 Å². The molecule has 0 bridgehead atoms. The standard InChI is InChI=1S/C16H11N7O/c24-16(15-18-11-3-1-2-4-12(11)20-23-15)19-14-9-13(21-22-14)10-5-7-17-8-6-10/h1-9H,(H2,19,21,22,24). The van der Waals surface area contributed by atoms with Crippen LogP contribution >= 0.6 is 0 Å². The van der Waals surface area contributed by atoms with E-state index >= 15 is 0 Å². The number of hydrogen-bond acceptors (Lipinski definition) is 6. The van der Waals surface area contributed by atoms with E-state index in [1.54, 1.807) is 30.6 Å². The SMILES string of the molecule is O=C(Nc1cc(-c2ccncc2)[nH]n1)c1nnc2ccccc2n1. The summed E-state index contributed by atoms with van der Waals surface area (Å²) in [4.78, 5) is 20.4. The van der Waals surface area contributed by atoms with Crippen LogP contribution in [0.2, 0.25) is 0 Å². The van der Waals surface area contributed by atoms with E-state index in [-0.39, 0.29) is 5.82 Å². The third-order valence-electron chi connectivity index (χ3n) is 3.37.